The zero-order valence-electron chi connectivity index (χ0n) is 12.1. The van der Waals surface area contributed by atoms with Crippen molar-refractivity contribution in [3.63, 3.8) is 0 Å². The zero-order chi connectivity index (χ0) is 15.3. The molecule has 0 bridgehead atoms. The predicted octanol–water partition coefficient (Wildman–Crippen LogP) is 2.06. The molecule has 112 valence electrons. The Bertz CT molecular complexity index is 550. The van der Waals surface area contributed by atoms with Gasteiger partial charge in [0.1, 0.15) is 5.25 Å². The number of nitrogens with one attached hydrogen (secondary N) is 1. The van der Waals surface area contributed by atoms with Gasteiger partial charge in [-0.2, -0.15) is 0 Å². The summed E-state index contributed by atoms with van der Waals surface area (Å²) in [6.07, 6.45) is 0.557. The van der Waals surface area contributed by atoms with Crippen LogP contribution in [0, 0.1) is 5.92 Å². The third kappa shape index (κ3) is 4.85. The van der Waals surface area contributed by atoms with E-state index in [-0.39, 0.29) is 11.7 Å². The van der Waals surface area contributed by atoms with Crippen LogP contribution in [0.5, 0.6) is 0 Å². The largest absolute Gasteiger partial charge is 0.399 e. The van der Waals surface area contributed by atoms with Crippen LogP contribution in [0.3, 0.4) is 0 Å². The number of nitrogens with two attached hydrogens (primary N) is 1. The summed E-state index contributed by atoms with van der Waals surface area (Å²) in [4.78, 5) is 12.0. The molecule has 0 aromatic heterocycles. The highest BCUT2D eigenvalue weighted by molar-refractivity contribution is 7.92. The summed E-state index contributed by atoms with van der Waals surface area (Å²) in [5.74, 6) is -0.197. The van der Waals surface area contributed by atoms with Crippen molar-refractivity contribution in [2.24, 2.45) is 5.92 Å². The van der Waals surface area contributed by atoms with Crippen LogP contribution in [0.1, 0.15) is 27.2 Å². The standard InChI is InChI=1S/C14H22N2O3S/c1-10(2)8-9-20(18,19)11(3)14(17)16-13-6-4-12(15)5-7-13/h4-7,10-11H,8-9,15H2,1-3H3,(H,16,17). The first-order chi connectivity index (χ1) is 9.22. The van der Waals surface area contributed by atoms with Crippen molar-refractivity contribution in [2.45, 2.75) is 32.4 Å². The van der Waals surface area contributed by atoms with Crippen molar-refractivity contribution in [3.05, 3.63) is 24.3 Å². The molecule has 6 heteroatoms. The quantitative estimate of drug-likeness (QED) is 0.787. The number of amides is 1. The molecule has 20 heavy (non-hydrogen) atoms. The molecule has 1 unspecified atom stereocenters. The Morgan fingerprint density at radius 1 is 1.20 bits per heavy atom. The third-order valence-electron chi connectivity index (χ3n) is 3.07. The predicted molar refractivity (Wildman–Crippen MR) is 82.2 cm³/mol. The van der Waals surface area contributed by atoms with Crippen molar-refractivity contribution in [2.75, 3.05) is 16.8 Å². The van der Waals surface area contributed by atoms with Gasteiger partial charge in [-0.1, -0.05) is 13.8 Å². The molecule has 0 aliphatic rings. The van der Waals surface area contributed by atoms with Crippen molar-refractivity contribution >= 4 is 27.1 Å². The van der Waals surface area contributed by atoms with Crippen molar-refractivity contribution in [1.82, 2.24) is 0 Å². The van der Waals surface area contributed by atoms with Crippen LogP contribution in [-0.2, 0) is 14.6 Å². The van der Waals surface area contributed by atoms with Gasteiger partial charge in [-0.25, -0.2) is 8.42 Å². The van der Waals surface area contributed by atoms with Crippen molar-refractivity contribution < 1.29 is 13.2 Å². The summed E-state index contributed by atoms with van der Waals surface area (Å²) in [6.45, 7) is 5.32. The molecule has 1 amide bonds. The Morgan fingerprint density at radius 2 is 1.75 bits per heavy atom. The molecule has 0 aliphatic heterocycles. The molecule has 1 atom stereocenters. The molecule has 1 aromatic carbocycles. The van der Waals surface area contributed by atoms with Crippen LogP contribution in [0.25, 0.3) is 0 Å². The molecule has 0 saturated heterocycles. The van der Waals surface area contributed by atoms with Gasteiger partial charge in [0.25, 0.3) is 0 Å². The van der Waals surface area contributed by atoms with E-state index in [1.54, 1.807) is 24.3 Å². The second-order valence-corrected chi connectivity index (χ2v) is 7.74. The van der Waals surface area contributed by atoms with E-state index in [9.17, 15) is 13.2 Å². The van der Waals surface area contributed by atoms with Crippen LogP contribution in [-0.4, -0.2) is 25.3 Å². The molecule has 1 aromatic rings. The van der Waals surface area contributed by atoms with Gasteiger partial charge in [-0.05, 0) is 43.5 Å². The highest BCUT2D eigenvalue weighted by Gasteiger charge is 2.27. The minimum absolute atomic E-state index is 0.0288. The Morgan fingerprint density at radius 3 is 2.25 bits per heavy atom. The Balaban J connectivity index is 2.69. The normalized spacial score (nSPS) is 13.2. The average Bonchev–Trinajstić information content (AvgIpc) is 2.38. The van der Waals surface area contributed by atoms with E-state index in [1.807, 2.05) is 13.8 Å². The van der Waals surface area contributed by atoms with Gasteiger partial charge in [-0.15, -0.1) is 0 Å². The second kappa shape index (κ2) is 6.74. The van der Waals surface area contributed by atoms with Crippen molar-refractivity contribution in [3.8, 4) is 0 Å². The maximum absolute atomic E-state index is 12.0. The van der Waals surface area contributed by atoms with E-state index in [1.165, 1.54) is 6.92 Å². The summed E-state index contributed by atoms with van der Waals surface area (Å²) in [5, 5.41) is 1.53. The van der Waals surface area contributed by atoms with Crippen LogP contribution in [0.15, 0.2) is 24.3 Å². The number of hydrogen-bond donors (Lipinski definition) is 2. The number of nitrogen functional groups attached to an aromatic ring is 1. The van der Waals surface area contributed by atoms with Gasteiger partial charge in [-0.3, -0.25) is 4.79 Å². The number of hydrogen-bond acceptors (Lipinski definition) is 4. The topological polar surface area (TPSA) is 89.3 Å². The number of rotatable bonds is 6. The Kier molecular flexibility index (Phi) is 5.56. The van der Waals surface area contributed by atoms with Gasteiger partial charge < -0.3 is 11.1 Å². The minimum atomic E-state index is -3.42. The molecular formula is C14H22N2O3S. The average molecular weight is 298 g/mol. The molecule has 3 N–H and O–H groups in total. The van der Waals surface area contributed by atoms with E-state index in [2.05, 4.69) is 5.32 Å². The highest BCUT2D eigenvalue weighted by atomic mass is 32.2. The van der Waals surface area contributed by atoms with Crippen LogP contribution >= 0.6 is 0 Å². The molecule has 0 spiro atoms. The van der Waals surface area contributed by atoms with Gasteiger partial charge in [0.2, 0.25) is 5.91 Å². The van der Waals surface area contributed by atoms with Crippen LogP contribution in [0.2, 0.25) is 0 Å². The minimum Gasteiger partial charge on any atom is -0.399 e. The highest BCUT2D eigenvalue weighted by Crippen LogP contribution is 2.14. The van der Waals surface area contributed by atoms with Crippen molar-refractivity contribution in [1.29, 1.82) is 0 Å². The monoisotopic (exact) mass is 298 g/mol. The molecule has 0 aliphatic carbocycles. The fourth-order valence-corrected chi connectivity index (χ4v) is 3.09. The first-order valence-electron chi connectivity index (χ1n) is 6.60. The van der Waals surface area contributed by atoms with Gasteiger partial charge in [0.15, 0.2) is 9.84 Å². The zero-order valence-corrected chi connectivity index (χ0v) is 12.9. The van der Waals surface area contributed by atoms with Gasteiger partial charge in [0.05, 0.1) is 5.75 Å². The lowest BCUT2D eigenvalue weighted by molar-refractivity contribution is -0.115. The molecule has 5 nitrogen and oxygen atoms in total. The van der Waals surface area contributed by atoms with E-state index in [0.717, 1.165) is 0 Å². The lowest BCUT2D eigenvalue weighted by atomic mass is 10.2. The summed E-state index contributed by atoms with van der Waals surface area (Å²) in [7, 11) is -3.42. The summed E-state index contributed by atoms with van der Waals surface area (Å²) in [6, 6.07) is 6.57. The number of benzene rings is 1. The SMILES string of the molecule is CC(C)CCS(=O)(=O)C(C)C(=O)Nc1ccc(N)cc1. The van der Waals surface area contributed by atoms with Gasteiger partial charge >= 0.3 is 0 Å². The van der Waals surface area contributed by atoms with Crippen LogP contribution < -0.4 is 11.1 Å². The maximum atomic E-state index is 12.0. The van der Waals surface area contributed by atoms with E-state index < -0.39 is 21.0 Å². The summed E-state index contributed by atoms with van der Waals surface area (Å²) < 4.78 is 24.1. The third-order valence-corrected chi connectivity index (χ3v) is 5.16. The fourth-order valence-electron chi connectivity index (χ4n) is 1.55. The fraction of sp³-hybridized carbons (Fsp3) is 0.500. The molecule has 0 radical (unpaired) electrons. The molecule has 0 fully saturated rings. The molecule has 0 saturated carbocycles. The lowest BCUT2D eigenvalue weighted by Crippen LogP contribution is -2.34. The summed E-state index contributed by atoms with van der Waals surface area (Å²) >= 11 is 0. The Hall–Kier alpha value is -1.56. The van der Waals surface area contributed by atoms with Crippen LogP contribution in [0.4, 0.5) is 11.4 Å². The van der Waals surface area contributed by atoms with Gasteiger partial charge in [0, 0.05) is 11.4 Å². The molecule has 0 heterocycles. The lowest BCUT2D eigenvalue weighted by Gasteiger charge is -2.14. The number of anilines is 2. The Labute approximate surface area is 120 Å². The van der Waals surface area contributed by atoms with E-state index >= 15 is 0 Å². The molecule has 1 rings (SSSR count). The maximum Gasteiger partial charge on any atom is 0.242 e. The first kappa shape index (κ1) is 16.5. The number of carbonyl (C=O) groups excluding carboxylic acids is 1. The number of sulfone groups is 1. The number of carbonyl (C=O) groups is 1. The second-order valence-electron chi connectivity index (χ2n) is 5.30. The smallest absolute Gasteiger partial charge is 0.242 e. The molecular weight excluding hydrogens is 276 g/mol. The first-order valence-corrected chi connectivity index (χ1v) is 8.32. The van der Waals surface area contributed by atoms with E-state index in [0.29, 0.717) is 17.8 Å². The van der Waals surface area contributed by atoms with E-state index in [4.69, 9.17) is 5.73 Å². The summed E-state index contributed by atoms with van der Waals surface area (Å²) in [5.41, 5.74) is 6.67.